The Hall–Kier alpha value is 1.53. The molecule has 0 aliphatic rings. The van der Waals surface area contributed by atoms with Gasteiger partial charge in [-0.15, -0.1) is 0 Å². The topological polar surface area (TPSA) is 0 Å². The molecule has 0 bridgehead atoms. The van der Waals surface area contributed by atoms with E-state index in [0.29, 0.717) is 9.39 Å². The summed E-state index contributed by atoms with van der Waals surface area (Å²) in [6.45, 7) is 2.26. The van der Waals surface area contributed by atoms with Crippen molar-refractivity contribution in [2.45, 2.75) is 6.55 Å². The maximum Gasteiger partial charge on any atom is 0.187 e. The average Bonchev–Trinajstić information content (AvgIpc) is 0.918. The molecule has 0 heterocycles. The van der Waals surface area contributed by atoms with Gasteiger partial charge in [0.15, 0.2) is 17.4 Å². The third-order valence-electron chi connectivity index (χ3n) is 0. The summed E-state index contributed by atoms with van der Waals surface area (Å²) in [6, 6.07) is 0. The molecule has 0 fully saturated rings. The van der Waals surface area contributed by atoms with Gasteiger partial charge in [-0.3, -0.25) is 0 Å². The van der Waals surface area contributed by atoms with Crippen molar-refractivity contribution in [3.63, 3.8) is 0 Å². The van der Waals surface area contributed by atoms with Gasteiger partial charge < -0.3 is 0 Å². The van der Waals surface area contributed by atoms with Crippen molar-refractivity contribution >= 4 is 34.2 Å². The van der Waals surface area contributed by atoms with Gasteiger partial charge in [-0.05, 0) is 9.39 Å². The molecule has 0 saturated carbocycles. The van der Waals surface area contributed by atoms with Crippen molar-refractivity contribution in [2.24, 2.45) is 0 Å². The molecule has 0 aliphatic carbocycles. The Morgan fingerprint density at radius 3 is 1.60 bits per heavy atom. The number of hydrogen-bond acceptors (Lipinski definition) is 0. The predicted molar refractivity (Wildman–Crippen MR) is 32.9 cm³/mol. The minimum absolute atomic E-state index is 0. The van der Waals surface area contributed by atoms with Gasteiger partial charge >= 0.3 is 0 Å². The molecule has 0 N–H and O–H groups in total. The zero-order valence-electron chi connectivity index (χ0n) is 3.21. The molecule has 0 amide bonds. The standard InChI is InChI=1S/CH7BSi.Al.Ti.3H/c1-3-2;;;;;/h2-3H2,1H3;;;;;. The fraction of sp³-hybridized carbons (Fsp3) is 1.00. The van der Waals surface area contributed by atoms with E-state index in [0.717, 1.165) is 0 Å². The fourth-order valence-electron chi connectivity index (χ4n) is 0. The SMILES string of the molecule is B[SiH2]C.[AlH3].[Ti]. The first-order chi connectivity index (χ1) is 1.41. The van der Waals surface area contributed by atoms with E-state index in [9.17, 15) is 0 Å². The summed E-state index contributed by atoms with van der Waals surface area (Å²) in [5.41, 5.74) is 0. The zero-order chi connectivity index (χ0) is 2.71. The molecule has 0 aromatic rings. The Morgan fingerprint density at radius 2 is 1.60 bits per heavy atom. The Balaban J connectivity index is -0.0000000200. The van der Waals surface area contributed by atoms with Crippen LogP contribution in [0.4, 0.5) is 0 Å². The van der Waals surface area contributed by atoms with E-state index in [-0.39, 0.29) is 39.1 Å². The van der Waals surface area contributed by atoms with Gasteiger partial charge in [0.05, 0.1) is 7.44 Å². The Bertz CT molecular complexity index is 11.6. The van der Waals surface area contributed by atoms with E-state index in [2.05, 4.69) is 14.0 Å². The van der Waals surface area contributed by atoms with Gasteiger partial charge in [0.2, 0.25) is 0 Å². The fourth-order valence-corrected chi connectivity index (χ4v) is 0. The minimum atomic E-state index is 0. The van der Waals surface area contributed by atoms with Crippen LogP contribution in [0.1, 0.15) is 0 Å². The summed E-state index contributed by atoms with van der Waals surface area (Å²) in [4.78, 5) is 0. The van der Waals surface area contributed by atoms with Crippen molar-refractivity contribution in [1.82, 2.24) is 0 Å². The first-order valence-corrected chi connectivity index (χ1v) is 4.24. The van der Waals surface area contributed by atoms with Gasteiger partial charge in [-0.25, -0.2) is 0 Å². The van der Waals surface area contributed by atoms with Crippen LogP contribution in [-0.4, -0.2) is 34.2 Å². The molecule has 0 aromatic carbocycles. The Labute approximate surface area is 62.3 Å². The first-order valence-electron chi connectivity index (χ1n) is 1.41. The summed E-state index contributed by atoms with van der Waals surface area (Å²) in [6.07, 6.45) is 0. The van der Waals surface area contributed by atoms with Gasteiger partial charge in [0.25, 0.3) is 0 Å². The van der Waals surface area contributed by atoms with E-state index in [4.69, 9.17) is 0 Å². The monoisotopic (exact) mass is 136 g/mol. The maximum atomic E-state index is 2.26. The molecule has 0 rings (SSSR count). The van der Waals surface area contributed by atoms with E-state index in [1.807, 2.05) is 0 Å². The van der Waals surface area contributed by atoms with Crippen LogP contribution in [0.5, 0.6) is 0 Å². The summed E-state index contributed by atoms with van der Waals surface area (Å²) < 4.78 is 0. The number of hydrogen-bond donors (Lipinski definition) is 0. The summed E-state index contributed by atoms with van der Waals surface area (Å²) >= 11 is 0. The van der Waals surface area contributed by atoms with Crippen molar-refractivity contribution in [3.8, 4) is 0 Å². The Kier molecular flexibility index (Phi) is 56.8. The van der Waals surface area contributed by atoms with Crippen LogP contribution < -0.4 is 0 Å². The summed E-state index contributed by atoms with van der Waals surface area (Å²) in [5, 5.41) is 0. The molecule has 0 nitrogen and oxygen atoms in total. The average molecular weight is 136 g/mol. The first kappa shape index (κ1) is 16.0. The van der Waals surface area contributed by atoms with Gasteiger partial charge in [0.1, 0.15) is 0 Å². The van der Waals surface area contributed by atoms with Crippen LogP contribution in [0, 0.1) is 0 Å². The van der Waals surface area contributed by atoms with Crippen molar-refractivity contribution < 1.29 is 21.7 Å². The Morgan fingerprint density at radius 1 is 1.60 bits per heavy atom. The molecule has 0 spiro atoms. The molecule has 0 unspecified atom stereocenters. The second kappa shape index (κ2) is 17.7. The van der Waals surface area contributed by atoms with E-state index < -0.39 is 0 Å². The molecule has 0 aliphatic heterocycles. The van der Waals surface area contributed by atoms with Crippen LogP contribution in [0.3, 0.4) is 0 Å². The van der Waals surface area contributed by atoms with Gasteiger partial charge in [0, 0.05) is 21.7 Å². The third-order valence-corrected chi connectivity index (χ3v) is 0. The second-order valence-electron chi connectivity index (χ2n) is 0.707. The predicted octanol–water partition coefficient (Wildman–Crippen LogP) is -2.44. The van der Waals surface area contributed by atoms with Gasteiger partial charge in [-0.2, -0.15) is 0 Å². The molecule has 0 saturated heterocycles. The largest absolute Gasteiger partial charge is 0.187 e. The maximum absolute atomic E-state index is 2.26. The summed E-state index contributed by atoms with van der Waals surface area (Å²) in [5.74, 6) is 0. The molecule has 4 heteroatoms. The van der Waals surface area contributed by atoms with Crippen LogP contribution in [-0.2, 0) is 21.7 Å². The molecule has 28 valence electrons. The number of rotatable bonds is 0. The van der Waals surface area contributed by atoms with E-state index in [1.54, 1.807) is 0 Å². The van der Waals surface area contributed by atoms with Crippen molar-refractivity contribution in [2.75, 3.05) is 0 Å². The zero-order valence-corrected chi connectivity index (χ0v) is 6.18. The van der Waals surface area contributed by atoms with Crippen molar-refractivity contribution in [3.05, 3.63) is 0 Å². The van der Waals surface area contributed by atoms with Crippen LogP contribution in [0.25, 0.3) is 0 Å². The molecular formula is CH10AlBSiTi. The quantitative estimate of drug-likeness (QED) is 0.324. The molecule has 5 heavy (non-hydrogen) atoms. The van der Waals surface area contributed by atoms with Crippen molar-refractivity contribution in [1.29, 1.82) is 0 Å². The molecule has 0 radical (unpaired) electrons. The molecule has 0 atom stereocenters. The van der Waals surface area contributed by atoms with Crippen LogP contribution >= 0.6 is 0 Å². The van der Waals surface area contributed by atoms with Crippen LogP contribution in [0.2, 0.25) is 6.55 Å². The second-order valence-corrected chi connectivity index (χ2v) is 2.12. The molecular weight excluding hydrogens is 126 g/mol. The van der Waals surface area contributed by atoms with E-state index in [1.165, 1.54) is 0 Å². The van der Waals surface area contributed by atoms with E-state index >= 15 is 0 Å². The third kappa shape index (κ3) is 29.5. The van der Waals surface area contributed by atoms with Crippen LogP contribution in [0.15, 0.2) is 0 Å². The summed E-state index contributed by atoms with van der Waals surface area (Å²) in [7, 11) is 2.68. The smallest absolute Gasteiger partial charge is 0.0808 e. The normalized spacial score (nSPS) is 5.80. The van der Waals surface area contributed by atoms with Gasteiger partial charge in [-0.1, -0.05) is 6.55 Å². The molecule has 0 aromatic heterocycles. The minimum Gasteiger partial charge on any atom is -0.0808 e.